The zero-order valence-corrected chi connectivity index (χ0v) is 34.3. The molecule has 52 heavy (non-hydrogen) atoms. The lowest BCUT2D eigenvalue weighted by atomic mass is 9.80. The summed E-state index contributed by atoms with van der Waals surface area (Å²) >= 11 is 0. The Balaban J connectivity index is 1.71. The number of ether oxygens (including phenoxy) is 4. The molecule has 1 saturated heterocycles. The SMILES string of the molecule is COc1ccc(CN2CC(C)(Cc3cn(COCC[Si](C)(C)C)c(=O)n(COCC[Si](C)(C)C)c3=O)C(=O)N(Cc3ccc(OC)cc3)C2=O)cc1. The van der Waals surface area contributed by atoms with Crippen molar-refractivity contribution < 1.29 is 28.5 Å². The summed E-state index contributed by atoms with van der Waals surface area (Å²) < 4.78 is 24.9. The molecule has 1 fully saturated rings. The Hall–Kier alpha value is -3.99. The van der Waals surface area contributed by atoms with E-state index in [0.717, 1.165) is 27.8 Å². The third-order valence-corrected chi connectivity index (χ3v) is 12.6. The number of carbonyl (C=O) groups excluding carboxylic acids is 2. The van der Waals surface area contributed by atoms with E-state index in [1.807, 2.05) is 36.4 Å². The number of amides is 3. The monoisotopic (exact) mass is 752 g/mol. The first-order valence-electron chi connectivity index (χ1n) is 17.8. The van der Waals surface area contributed by atoms with E-state index in [1.54, 1.807) is 38.2 Å². The van der Waals surface area contributed by atoms with Crippen LogP contribution in [0.2, 0.25) is 51.4 Å². The molecule has 1 aliphatic heterocycles. The van der Waals surface area contributed by atoms with E-state index in [1.165, 1.54) is 15.7 Å². The Kier molecular flexibility index (Phi) is 13.5. The quantitative estimate of drug-likeness (QED) is 0.117. The highest BCUT2D eigenvalue weighted by molar-refractivity contribution is 6.76. The number of methoxy groups -OCH3 is 2. The predicted octanol–water partition coefficient (Wildman–Crippen LogP) is 5.87. The zero-order valence-electron chi connectivity index (χ0n) is 32.3. The standard InChI is InChI=1S/C38H56N4O8Si2/c1-38(22-31-25-40(27-49-18-20-51(4,5)6)37(46)42(34(31)43)28-50-19-21-52(7,8)9)26-39(23-29-10-14-32(47-2)15-11-29)36(45)41(35(38)44)24-30-12-16-33(48-3)17-13-30/h10-17,25H,18-24,26-28H2,1-9H3. The minimum Gasteiger partial charge on any atom is -0.497 e. The van der Waals surface area contributed by atoms with Gasteiger partial charge in [0.2, 0.25) is 5.91 Å². The van der Waals surface area contributed by atoms with Gasteiger partial charge in [0.15, 0.2) is 0 Å². The first-order valence-corrected chi connectivity index (χ1v) is 25.2. The lowest BCUT2D eigenvalue weighted by Crippen LogP contribution is -2.61. The lowest BCUT2D eigenvalue weighted by molar-refractivity contribution is -0.143. The van der Waals surface area contributed by atoms with Crippen LogP contribution >= 0.6 is 0 Å². The van der Waals surface area contributed by atoms with Crippen LogP contribution in [0.25, 0.3) is 0 Å². The third kappa shape index (κ3) is 11.0. The van der Waals surface area contributed by atoms with E-state index in [0.29, 0.717) is 24.7 Å². The molecule has 3 aromatic rings. The van der Waals surface area contributed by atoms with Crippen LogP contribution in [0.1, 0.15) is 23.6 Å². The van der Waals surface area contributed by atoms with Crippen molar-refractivity contribution in [2.24, 2.45) is 5.41 Å². The molecule has 0 spiro atoms. The summed E-state index contributed by atoms with van der Waals surface area (Å²) in [5, 5.41) is 0. The van der Waals surface area contributed by atoms with Crippen molar-refractivity contribution in [3.05, 3.63) is 92.3 Å². The molecule has 0 aliphatic carbocycles. The van der Waals surface area contributed by atoms with Gasteiger partial charge < -0.3 is 23.8 Å². The van der Waals surface area contributed by atoms with E-state index < -0.39 is 44.8 Å². The highest BCUT2D eigenvalue weighted by Crippen LogP contribution is 2.33. The second-order valence-corrected chi connectivity index (χ2v) is 27.5. The maximum absolute atomic E-state index is 14.4. The molecule has 284 valence electrons. The Morgan fingerprint density at radius 3 is 1.71 bits per heavy atom. The Labute approximate surface area is 309 Å². The molecular formula is C38H56N4O8Si2. The van der Waals surface area contributed by atoms with Crippen molar-refractivity contribution in [3.63, 3.8) is 0 Å². The van der Waals surface area contributed by atoms with Crippen molar-refractivity contribution in [1.82, 2.24) is 18.9 Å². The first kappa shape index (κ1) is 40.8. The fourth-order valence-corrected chi connectivity index (χ4v) is 7.45. The van der Waals surface area contributed by atoms with Crippen LogP contribution in [0.3, 0.4) is 0 Å². The van der Waals surface area contributed by atoms with Crippen LogP contribution in [0.4, 0.5) is 4.79 Å². The van der Waals surface area contributed by atoms with E-state index in [4.69, 9.17) is 18.9 Å². The van der Waals surface area contributed by atoms with Gasteiger partial charge >= 0.3 is 11.7 Å². The number of urea groups is 1. The minimum atomic E-state index is -1.41. The van der Waals surface area contributed by atoms with Crippen LogP contribution in [0.5, 0.6) is 11.5 Å². The molecule has 3 amide bonds. The summed E-state index contributed by atoms with van der Waals surface area (Å²) in [6.07, 6.45) is 1.49. The highest BCUT2D eigenvalue weighted by atomic mass is 28.3. The lowest BCUT2D eigenvalue weighted by Gasteiger charge is -2.44. The van der Waals surface area contributed by atoms with Crippen molar-refractivity contribution in [3.8, 4) is 11.5 Å². The average molecular weight is 753 g/mol. The van der Waals surface area contributed by atoms with Crippen molar-refractivity contribution >= 4 is 28.1 Å². The summed E-state index contributed by atoms with van der Waals surface area (Å²) in [7, 11) is 0.372. The molecule has 0 radical (unpaired) electrons. The highest BCUT2D eigenvalue weighted by Gasteiger charge is 2.48. The summed E-state index contributed by atoms with van der Waals surface area (Å²) in [4.78, 5) is 59.1. The fraction of sp³-hybridized carbons (Fsp3) is 0.526. The summed E-state index contributed by atoms with van der Waals surface area (Å²) in [5.74, 6) is 0.947. The number of imide groups is 1. The second-order valence-electron chi connectivity index (χ2n) is 16.3. The molecule has 0 bridgehead atoms. The largest absolute Gasteiger partial charge is 0.497 e. The molecule has 4 rings (SSSR count). The van der Waals surface area contributed by atoms with Crippen LogP contribution in [-0.4, -0.2) is 81.0 Å². The van der Waals surface area contributed by atoms with Gasteiger partial charge in [-0.05, 0) is 60.8 Å². The number of hydrogen-bond donors (Lipinski definition) is 0. The molecule has 14 heteroatoms. The van der Waals surface area contributed by atoms with Gasteiger partial charge in [0.1, 0.15) is 25.0 Å². The smallest absolute Gasteiger partial charge is 0.334 e. The van der Waals surface area contributed by atoms with E-state index in [9.17, 15) is 19.2 Å². The van der Waals surface area contributed by atoms with Gasteiger partial charge in [0, 0.05) is 54.2 Å². The van der Waals surface area contributed by atoms with E-state index in [2.05, 4.69) is 39.3 Å². The van der Waals surface area contributed by atoms with Gasteiger partial charge in [-0.1, -0.05) is 63.5 Å². The van der Waals surface area contributed by atoms with Crippen molar-refractivity contribution in [2.75, 3.05) is 34.0 Å². The molecule has 0 N–H and O–H groups in total. The van der Waals surface area contributed by atoms with Crippen LogP contribution in [0.15, 0.2) is 64.3 Å². The summed E-state index contributed by atoms with van der Waals surface area (Å²) in [5.41, 5.74) is -0.391. The first-order chi connectivity index (χ1) is 24.4. The maximum Gasteiger partial charge on any atom is 0.334 e. The molecule has 1 aliphatic rings. The molecule has 2 aromatic carbocycles. The minimum absolute atomic E-state index is 0.0136. The number of carbonyl (C=O) groups is 2. The van der Waals surface area contributed by atoms with Gasteiger partial charge in [-0.25, -0.2) is 14.2 Å². The maximum atomic E-state index is 14.4. The van der Waals surface area contributed by atoms with Gasteiger partial charge in [-0.2, -0.15) is 0 Å². The normalized spacial score (nSPS) is 16.8. The molecular weight excluding hydrogens is 697 g/mol. The van der Waals surface area contributed by atoms with Crippen LogP contribution in [0, 0.1) is 5.41 Å². The predicted molar refractivity (Wildman–Crippen MR) is 207 cm³/mol. The topological polar surface area (TPSA) is 122 Å². The molecule has 1 unspecified atom stereocenters. The number of benzene rings is 2. The summed E-state index contributed by atoms with van der Waals surface area (Å²) in [6.45, 7) is 16.2. The molecule has 1 atom stereocenters. The average Bonchev–Trinajstić information content (AvgIpc) is 3.08. The zero-order chi connectivity index (χ0) is 38.3. The van der Waals surface area contributed by atoms with Gasteiger partial charge in [-0.3, -0.25) is 19.1 Å². The van der Waals surface area contributed by atoms with Gasteiger partial charge in [0.25, 0.3) is 5.56 Å². The van der Waals surface area contributed by atoms with E-state index >= 15 is 0 Å². The van der Waals surface area contributed by atoms with Gasteiger partial charge in [0.05, 0.1) is 26.2 Å². The molecule has 12 nitrogen and oxygen atoms in total. The summed E-state index contributed by atoms with van der Waals surface area (Å²) in [6, 6.07) is 16.0. The second kappa shape index (κ2) is 17.2. The Morgan fingerprint density at radius 2 is 1.21 bits per heavy atom. The van der Waals surface area contributed by atoms with E-state index in [-0.39, 0.29) is 45.1 Å². The molecule has 1 aromatic heterocycles. The Morgan fingerprint density at radius 1 is 0.712 bits per heavy atom. The number of nitrogens with zero attached hydrogens (tertiary/aromatic N) is 4. The fourth-order valence-electron chi connectivity index (χ4n) is 5.94. The van der Waals surface area contributed by atoms with Gasteiger partial charge in [-0.15, -0.1) is 0 Å². The molecule has 0 saturated carbocycles. The van der Waals surface area contributed by atoms with Crippen molar-refractivity contribution in [2.45, 2.75) is 91.3 Å². The number of aromatic nitrogens is 2. The van der Waals surface area contributed by atoms with Crippen LogP contribution in [-0.2, 0) is 47.2 Å². The number of rotatable bonds is 18. The molecule has 2 heterocycles. The Bertz CT molecular complexity index is 1800. The van der Waals surface area contributed by atoms with Crippen LogP contribution < -0.4 is 20.7 Å². The third-order valence-electron chi connectivity index (χ3n) is 9.17. The van der Waals surface area contributed by atoms with Crippen molar-refractivity contribution in [1.29, 1.82) is 0 Å². The number of hydrogen-bond acceptors (Lipinski definition) is 8.